The number of nitrogens with one attached hydrogen (secondary N) is 6. The van der Waals surface area contributed by atoms with Crippen molar-refractivity contribution in [2.24, 2.45) is 11.8 Å². The fourth-order valence-electron chi connectivity index (χ4n) is 13.3. The van der Waals surface area contributed by atoms with Crippen LogP contribution >= 0.6 is 22.6 Å². The van der Waals surface area contributed by atoms with E-state index in [0.29, 0.717) is 166 Å². The van der Waals surface area contributed by atoms with Crippen molar-refractivity contribution in [1.82, 2.24) is 51.5 Å². The summed E-state index contributed by atoms with van der Waals surface area (Å²) >= 11 is 2.24. The average Bonchev–Trinajstić information content (AvgIpc) is 0.851. The number of amides is 6. The summed E-state index contributed by atoms with van der Waals surface area (Å²) in [5, 5.41) is 56.2. The van der Waals surface area contributed by atoms with Gasteiger partial charge in [0.1, 0.15) is 29.4 Å². The van der Waals surface area contributed by atoms with E-state index >= 15 is 0 Å². The van der Waals surface area contributed by atoms with Crippen molar-refractivity contribution >= 4 is 99.3 Å². The fourth-order valence-corrected chi connectivity index (χ4v) is 13.7. The molecule has 0 aliphatic carbocycles. The normalized spacial score (nSPS) is 15.0. The number of nitrogens with zero attached hydrogens (tertiary/aromatic N) is 4. The molecule has 1 fully saturated rings. The number of urea groups is 1. The molecular formula is C83H125IN10O17. The summed E-state index contributed by atoms with van der Waals surface area (Å²) in [5.74, 6) is -9.50. The van der Waals surface area contributed by atoms with Crippen molar-refractivity contribution in [3.63, 3.8) is 0 Å². The van der Waals surface area contributed by atoms with Crippen LogP contribution in [0.4, 0.5) is 4.79 Å². The zero-order chi connectivity index (χ0) is 81.3. The van der Waals surface area contributed by atoms with E-state index in [9.17, 15) is 77.6 Å². The number of rotatable bonds is 56. The highest BCUT2D eigenvalue weighted by molar-refractivity contribution is 14.1. The summed E-state index contributed by atoms with van der Waals surface area (Å²) < 4.78 is 1.13. The number of Topliss-reactive ketones (excluding diaryl/α,β-unsaturated/α-hetero) is 4. The van der Waals surface area contributed by atoms with Crippen LogP contribution in [0.3, 0.4) is 0 Å². The summed E-state index contributed by atoms with van der Waals surface area (Å²) in [6.45, 7) is 8.31. The Morgan fingerprint density at radius 3 is 1.58 bits per heavy atom. The Kier molecular flexibility index (Phi) is 47.6. The van der Waals surface area contributed by atoms with Crippen molar-refractivity contribution in [3.8, 4) is 0 Å². The van der Waals surface area contributed by atoms with Gasteiger partial charge in [-0.15, -0.1) is 0 Å². The Balaban J connectivity index is 1.37. The van der Waals surface area contributed by atoms with Crippen LogP contribution in [0.25, 0.3) is 0 Å². The smallest absolute Gasteiger partial charge is 0.326 e. The molecule has 10 N–H and O–H groups in total. The van der Waals surface area contributed by atoms with Crippen molar-refractivity contribution < 1.29 is 82.8 Å². The minimum atomic E-state index is -1.43. The maximum atomic E-state index is 14.9. The first-order chi connectivity index (χ1) is 53.1. The number of benzene rings is 3. The minimum Gasteiger partial charge on any atom is -0.481 e. The highest BCUT2D eigenvalue weighted by Gasteiger charge is 2.33. The zero-order valence-corrected chi connectivity index (χ0v) is 68.1. The van der Waals surface area contributed by atoms with Gasteiger partial charge in [0.05, 0.1) is 25.0 Å². The van der Waals surface area contributed by atoms with Gasteiger partial charge in [0, 0.05) is 139 Å². The van der Waals surface area contributed by atoms with Crippen LogP contribution in [0.2, 0.25) is 0 Å². The predicted octanol–water partition coefficient (Wildman–Crippen LogP) is 8.75. The number of carbonyl (C=O) groups is 13. The Morgan fingerprint density at radius 1 is 0.423 bits per heavy atom. The maximum absolute atomic E-state index is 14.9. The molecule has 0 aromatic heterocycles. The van der Waals surface area contributed by atoms with Gasteiger partial charge in [-0.05, 0) is 176 Å². The molecule has 3 aromatic carbocycles. The average molecular weight is 1660 g/mol. The summed E-state index contributed by atoms with van der Waals surface area (Å²) in [6, 6.07) is 19.8. The molecule has 1 heterocycles. The lowest BCUT2D eigenvalue weighted by Crippen LogP contribution is -2.54. The van der Waals surface area contributed by atoms with Crippen LogP contribution in [-0.4, -0.2) is 233 Å². The molecule has 1 aliphatic rings. The van der Waals surface area contributed by atoms with E-state index in [2.05, 4.69) is 64.3 Å². The molecule has 616 valence electrons. The first-order valence-corrected chi connectivity index (χ1v) is 41.0. The lowest BCUT2D eigenvalue weighted by Gasteiger charge is -2.31. The lowest BCUT2D eigenvalue weighted by molar-refractivity contribution is -0.144. The van der Waals surface area contributed by atoms with Gasteiger partial charge in [0.15, 0.2) is 5.78 Å². The molecule has 6 amide bonds. The molecule has 0 radical (unpaired) electrons. The van der Waals surface area contributed by atoms with Crippen molar-refractivity contribution in [3.05, 3.63) is 105 Å². The second-order valence-corrected chi connectivity index (χ2v) is 31.3. The number of hydrogen-bond acceptors (Lipinski definition) is 17. The van der Waals surface area contributed by atoms with E-state index in [0.717, 1.165) is 59.8 Å². The number of likely N-dealkylation sites (N-methyl/N-ethyl adjacent to an activating group) is 2. The van der Waals surface area contributed by atoms with E-state index in [1.807, 2.05) is 74.4 Å². The molecular weight excluding hydrogens is 1540 g/mol. The fraction of sp³-hybridized carbons (Fsp3) is 0.627. The number of aliphatic carboxylic acids is 4. The Bertz CT molecular complexity index is 3380. The van der Waals surface area contributed by atoms with Crippen LogP contribution in [0.5, 0.6) is 0 Å². The van der Waals surface area contributed by atoms with Gasteiger partial charge in [-0.3, -0.25) is 62.5 Å². The van der Waals surface area contributed by atoms with Crippen LogP contribution in [-0.2, 0) is 76.8 Å². The third-order valence-electron chi connectivity index (χ3n) is 20.1. The molecule has 6 unspecified atom stereocenters. The molecule has 0 bridgehead atoms. The summed E-state index contributed by atoms with van der Waals surface area (Å²) in [6.07, 6.45) is 10.7. The molecule has 111 heavy (non-hydrogen) atoms. The molecule has 1 saturated heterocycles. The molecule has 1 aliphatic heterocycles. The SMILES string of the molecule is Cc1cccc(CC(CC(=O)CCC(NC(=O)CN2CCN(C)CCN(C)CCN(CC(=O)O)CC2)C(=O)NC(CCCCCC(=O)CCCc2ccc(I)cc2)C(=O)O)C(=O)NC(Cc2ccccc2)C(=O)CC(CCCCCC(=O)CCCCCCC(=O)NCCCCCNC(=O)NC(C)CCC(=O)O)C(=O)O)c1. The highest BCUT2D eigenvalue weighted by Crippen LogP contribution is 2.23. The standard InChI is InChI=1S/C83H125IN10O17/c1-60-23-21-27-64(53-60)54-66(79(105)90-73(55-63-24-11-7-12-25-63)74(98)57-65(81(107)108)28-13-8-15-30-68(95)29-14-5-6-18-34-75(99)85-43-19-10-20-44-86-83(111)87-61(2)35-42-77(101)102)56-70(97)40-41-71(88-76(100)58-93-49-47-91(3)45-46-92(4)48-50-94(52-51-93)59-78(103)104)80(106)89-72(82(109)110)33-17-9-16-31-69(96)32-22-26-62-36-38-67(84)39-37-62/h7,11-12,21,23-25,27,36-39,53,61,65-66,71-73H,5-6,8-10,13-20,22,26,28-35,40-52,54-59H2,1-4H3,(H,85,99)(H,88,100)(H,89,106)(H,90,105)(H,101,102)(H,103,104)(H,107,108)(H,109,110)(H2,86,87,111). The third kappa shape index (κ3) is 44.7. The number of halogens is 1. The summed E-state index contributed by atoms with van der Waals surface area (Å²) in [7, 11) is 3.94. The third-order valence-corrected chi connectivity index (χ3v) is 20.8. The number of aryl methyl sites for hydroxylation is 2. The largest absolute Gasteiger partial charge is 0.481 e. The van der Waals surface area contributed by atoms with Gasteiger partial charge in [-0.2, -0.15) is 0 Å². The number of unbranched alkanes of at least 4 members (excludes halogenated alkanes) is 9. The Labute approximate surface area is 669 Å². The quantitative estimate of drug-likeness (QED) is 0.0186. The molecule has 0 saturated carbocycles. The topological polar surface area (TPSA) is 388 Å². The predicted molar refractivity (Wildman–Crippen MR) is 433 cm³/mol. The van der Waals surface area contributed by atoms with E-state index in [-0.39, 0.29) is 94.0 Å². The van der Waals surface area contributed by atoms with E-state index in [4.69, 9.17) is 5.11 Å². The summed E-state index contributed by atoms with van der Waals surface area (Å²) in [5.41, 5.74) is 3.44. The molecule has 28 heteroatoms. The highest BCUT2D eigenvalue weighted by atomic mass is 127. The van der Waals surface area contributed by atoms with Crippen LogP contribution in [0, 0.1) is 22.3 Å². The maximum Gasteiger partial charge on any atom is 0.326 e. The van der Waals surface area contributed by atoms with Crippen molar-refractivity contribution in [1.29, 1.82) is 0 Å². The molecule has 27 nitrogen and oxygen atoms in total. The van der Waals surface area contributed by atoms with Crippen molar-refractivity contribution in [2.75, 3.05) is 92.6 Å². The number of ketones is 4. The minimum absolute atomic E-state index is 0.0160. The number of hydrogen-bond donors (Lipinski definition) is 10. The van der Waals surface area contributed by atoms with Gasteiger partial charge in [-0.25, -0.2) is 9.59 Å². The second-order valence-electron chi connectivity index (χ2n) is 30.0. The second kappa shape index (κ2) is 55.4. The van der Waals surface area contributed by atoms with Gasteiger partial charge in [0.25, 0.3) is 0 Å². The monoisotopic (exact) mass is 1660 g/mol. The van der Waals surface area contributed by atoms with Crippen LogP contribution < -0.4 is 31.9 Å². The van der Waals surface area contributed by atoms with Gasteiger partial charge in [-0.1, -0.05) is 111 Å². The molecule has 0 spiro atoms. The van der Waals surface area contributed by atoms with Gasteiger partial charge in [0.2, 0.25) is 23.6 Å². The van der Waals surface area contributed by atoms with E-state index in [1.165, 1.54) is 0 Å². The lowest BCUT2D eigenvalue weighted by atomic mass is 9.88. The van der Waals surface area contributed by atoms with Gasteiger partial charge >= 0.3 is 29.9 Å². The number of carboxylic acids is 4. The van der Waals surface area contributed by atoms with E-state index in [1.54, 1.807) is 42.2 Å². The van der Waals surface area contributed by atoms with Crippen molar-refractivity contribution in [2.45, 2.75) is 231 Å². The van der Waals surface area contributed by atoms with Gasteiger partial charge < -0.3 is 62.1 Å². The van der Waals surface area contributed by atoms with Crippen LogP contribution in [0.1, 0.15) is 203 Å². The van der Waals surface area contributed by atoms with Crippen LogP contribution in [0.15, 0.2) is 78.9 Å². The zero-order valence-electron chi connectivity index (χ0n) is 65.9. The molecule has 3 aromatic rings. The first kappa shape index (κ1) is 95.3. The Morgan fingerprint density at radius 2 is 0.973 bits per heavy atom. The first-order valence-electron chi connectivity index (χ1n) is 39.9. The van der Waals surface area contributed by atoms with E-state index < -0.39 is 89.5 Å². The molecule has 6 atom stereocenters. The number of carbonyl (C=O) groups excluding carboxylic acids is 9. The number of carboxylic acid groups (broad SMARTS) is 4. The summed E-state index contributed by atoms with van der Waals surface area (Å²) in [4.78, 5) is 179. The Hall–Kier alpha value is -8.06. The molecule has 4 rings (SSSR count).